The highest BCUT2D eigenvalue weighted by Crippen LogP contribution is 2.26. The van der Waals surface area contributed by atoms with E-state index < -0.39 is 5.97 Å². The number of hydrogen-bond acceptors (Lipinski definition) is 2. The Bertz CT molecular complexity index is 158. The lowest BCUT2D eigenvalue weighted by molar-refractivity contribution is -0.146. The zero-order valence-electron chi connectivity index (χ0n) is 8.59. The van der Waals surface area contributed by atoms with Gasteiger partial charge in [-0.25, -0.2) is 0 Å². The molecule has 0 aliphatic rings. The molecule has 0 aliphatic heterocycles. The molecule has 0 bridgehead atoms. The van der Waals surface area contributed by atoms with E-state index in [0.29, 0.717) is 6.54 Å². The summed E-state index contributed by atoms with van der Waals surface area (Å²) in [7, 11) is 3.78. The van der Waals surface area contributed by atoms with Crippen molar-refractivity contribution in [2.45, 2.75) is 20.8 Å². The number of aliphatic carboxylic acids is 1. The molecule has 1 atom stereocenters. The van der Waals surface area contributed by atoms with Crippen LogP contribution >= 0.6 is 0 Å². The third kappa shape index (κ3) is 3.72. The minimum absolute atomic E-state index is 0.171. The molecule has 1 unspecified atom stereocenters. The maximum Gasteiger partial charge on any atom is 0.308 e. The van der Waals surface area contributed by atoms with Crippen molar-refractivity contribution in [1.29, 1.82) is 0 Å². The minimum Gasteiger partial charge on any atom is -0.481 e. The molecular weight excluding hydrogens is 154 g/mol. The molecule has 0 radical (unpaired) electrons. The van der Waals surface area contributed by atoms with E-state index in [1.54, 1.807) is 0 Å². The quantitative estimate of drug-likeness (QED) is 0.699. The molecule has 3 nitrogen and oxygen atoms in total. The van der Waals surface area contributed by atoms with E-state index in [1.807, 2.05) is 39.8 Å². The Labute approximate surface area is 74.4 Å². The van der Waals surface area contributed by atoms with Crippen molar-refractivity contribution in [3.8, 4) is 0 Å². The lowest BCUT2D eigenvalue weighted by Gasteiger charge is -2.29. The highest BCUT2D eigenvalue weighted by Gasteiger charge is 2.31. The summed E-state index contributed by atoms with van der Waals surface area (Å²) in [6.07, 6.45) is 0. The Hall–Kier alpha value is -0.570. The molecule has 3 heteroatoms. The molecule has 12 heavy (non-hydrogen) atoms. The van der Waals surface area contributed by atoms with Gasteiger partial charge < -0.3 is 10.0 Å². The summed E-state index contributed by atoms with van der Waals surface area (Å²) < 4.78 is 0. The Balaban J connectivity index is 4.35. The van der Waals surface area contributed by atoms with Crippen LogP contribution < -0.4 is 0 Å². The van der Waals surface area contributed by atoms with Gasteiger partial charge in [0, 0.05) is 6.54 Å². The van der Waals surface area contributed by atoms with Crippen LogP contribution in [-0.4, -0.2) is 36.6 Å². The first-order chi connectivity index (χ1) is 5.25. The number of carbonyl (C=O) groups is 1. The smallest absolute Gasteiger partial charge is 0.308 e. The van der Waals surface area contributed by atoms with E-state index in [2.05, 4.69) is 0 Å². The second-order valence-electron chi connectivity index (χ2n) is 4.52. The van der Waals surface area contributed by atoms with Gasteiger partial charge in [0.05, 0.1) is 5.92 Å². The Kier molecular flexibility index (Phi) is 3.71. The van der Waals surface area contributed by atoms with Gasteiger partial charge in [0.1, 0.15) is 0 Å². The van der Waals surface area contributed by atoms with Crippen molar-refractivity contribution >= 4 is 5.97 Å². The molecular formula is C9H19NO2. The number of rotatable bonds is 3. The monoisotopic (exact) mass is 173 g/mol. The van der Waals surface area contributed by atoms with Crippen LogP contribution in [0.3, 0.4) is 0 Å². The molecule has 0 saturated carbocycles. The topological polar surface area (TPSA) is 40.5 Å². The van der Waals surface area contributed by atoms with Crippen molar-refractivity contribution in [2.75, 3.05) is 20.6 Å². The van der Waals surface area contributed by atoms with Crippen LogP contribution in [0.15, 0.2) is 0 Å². The predicted octanol–water partition coefficient (Wildman–Crippen LogP) is 1.29. The molecule has 0 amide bonds. The third-order valence-corrected chi connectivity index (χ3v) is 1.89. The number of hydrogen-bond donors (Lipinski definition) is 1. The van der Waals surface area contributed by atoms with Crippen LogP contribution in [0.2, 0.25) is 0 Å². The highest BCUT2D eigenvalue weighted by molar-refractivity contribution is 5.71. The van der Waals surface area contributed by atoms with Crippen LogP contribution in [0.1, 0.15) is 20.8 Å². The van der Waals surface area contributed by atoms with Crippen LogP contribution in [0.4, 0.5) is 0 Å². The fraction of sp³-hybridized carbons (Fsp3) is 0.889. The Morgan fingerprint density at radius 3 is 1.92 bits per heavy atom. The zero-order valence-corrected chi connectivity index (χ0v) is 8.59. The second kappa shape index (κ2) is 3.90. The fourth-order valence-corrected chi connectivity index (χ4v) is 1.09. The van der Waals surface area contributed by atoms with Gasteiger partial charge in [-0.05, 0) is 19.5 Å². The maximum atomic E-state index is 10.9. The lowest BCUT2D eigenvalue weighted by atomic mass is 9.80. The molecule has 0 aliphatic carbocycles. The van der Waals surface area contributed by atoms with Crippen LogP contribution in [0.5, 0.6) is 0 Å². The van der Waals surface area contributed by atoms with Gasteiger partial charge in [0.15, 0.2) is 0 Å². The van der Waals surface area contributed by atoms with Gasteiger partial charge in [0.25, 0.3) is 0 Å². The largest absolute Gasteiger partial charge is 0.481 e. The first-order valence-electron chi connectivity index (χ1n) is 4.12. The van der Waals surface area contributed by atoms with Crippen molar-refractivity contribution in [3.63, 3.8) is 0 Å². The standard InChI is InChI=1S/C9H19NO2/c1-9(2,3)7(8(11)12)6-10(4)5/h7H,6H2,1-5H3,(H,11,12). The summed E-state index contributed by atoms with van der Waals surface area (Å²) >= 11 is 0. The molecule has 1 N–H and O–H groups in total. The lowest BCUT2D eigenvalue weighted by Crippen LogP contribution is -2.36. The first-order valence-corrected chi connectivity index (χ1v) is 4.12. The normalized spacial score (nSPS) is 14.8. The summed E-state index contributed by atoms with van der Waals surface area (Å²) in [5, 5.41) is 8.93. The molecule has 0 spiro atoms. The van der Waals surface area contributed by atoms with Gasteiger partial charge in [-0.3, -0.25) is 4.79 Å². The van der Waals surface area contributed by atoms with E-state index in [-0.39, 0.29) is 11.3 Å². The number of carboxylic acid groups (broad SMARTS) is 1. The first kappa shape index (κ1) is 11.4. The second-order valence-corrected chi connectivity index (χ2v) is 4.52. The summed E-state index contributed by atoms with van der Waals surface area (Å²) in [5.74, 6) is -1.01. The molecule has 0 fully saturated rings. The van der Waals surface area contributed by atoms with Crippen LogP contribution in [0, 0.1) is 11.3 Å². The SMILES string of the molecule is CN(C)CC(C(=O)O)C(C)(C)C. The number of carboxylic acids is 1. The van der Waals surface area contributed by atoms with Crippen molar-refractivity contribution in [3.05, 3.63) is 0 Å². The van der Waals surface area contributed by atoms with Gasteiger partial charge in [-0.15, -0.1) is 0 Å². The summed E-state index contributed by atoms with van der Waals surface area (Å²) in [4.78, 5) is 12.8. The molecule has 0 rings (SSSR count). The van der Waals surface area contributed by atoms with Gasteiger partial charge in [-0.1, -0.05) is 20.8 Å². The van der Waals surface area contributed by atoms with Gasteiger partial charge >= 0.3 is 5.97 Å². The van der Waals surface area contributed by atoms with Crippen LogP contribution in [-0.2, 0) is 4.79 Å². The Morgan fingerprint density at radius 1 is 1.42 bits per heavy atom. The molecule has 0 aromatic carbocycles. The third-order valence-electron chi connectivity index (χ3n) is 1.89. The van der Waals surface area contributed by atoms with E-state index in [4.69, 9.17) is 5.11 Å². The Morgan fingerprint density at radius 2 is 1.83 bits per heavy atom. The van der Waals surface area contributed by atoms with Crippen molar-refractivity contribution in [2.24, 2.45) is 11.3 Å². The van der Waals surface area contributed by atoms with Gasteiger partial charge in [-0.2, -0.15) is 0 Å². The van der Waals surface area contributed by atoms with E-state index in [9.17, 15) is 4.79 Å². The molecule has 72 valence electrons. The minimum atomic E-state index is -0.712. The average molecular weight is 173 g/mol. The molecule has 0 aromatic heterocycles. The van der Waals surface area contributed by atoms with Gasteiger partial charge in [0.2, 0.25) is 0 Å². The zero-order chi connectivity index (χ0) is 9.94. The van der Waals surface area contributed by atoms with E-state index in [0.717, 1.165) is 0 Å². The molecule has 0 heterocycles. The van der Waals surface area contributed by atoms with Crippen LogP contribution in [0.25, 0.3) is 0 Å². The summed E-state index contributed by atoms with van der Waals surface area (Å²) in [6, 6.07) is 0. The predicted molar refractivity (Wildman–Crippen MR) is 49.1 cm³/mol. The van der Waals surface area contributed by atoms with Crippen molar-refractivity contribution < 1.29 is 9.90 Å². The summed E-state index contributed by atoms with van der Waals surface area (Å²) in [6.45, 7) is 6.46. The number of nitrogens with zero attached hydrogens (tertiary/aromatic N) is 1. The highest BCUT2D eigenvalue weighted by atomic mass is 16.4. The van der Waals surface area contributed by atoms with E-state index in [1.165, 1.54) is 0 Å². The average Bonchev–Trinajstić information content (AvgIpc) is 1.79. The van der Waals surface area contributed by atoms with E-state index >= 15 is 0 Å². The molecule has 0 aromatic rings. The summed E-state index contributed by atoms with van der Waals surface area (Å²) in [5.41, 5.74) is -0.171. The molecule has 0 saturated heterocycles. The van der Waals surface area contributed by atoms with Crippen molar-refractivity contribution in [1.82, 2.24) is 4.90 Å². The fourth-order valence-electron chi connectivity index (χ4n) is 1.09. The maximum absolute atomic E-state index is 10.9.